The van der Waals surface area contributed by atoms with Crippen LogP contribution in [-0.4, -0.2) is 5.78 Å². The van der Waals surface area contributed by atoms with E-state index in [1.807, 2.05) is 6.07 Å². The molecule has 3 rings (SSSR count). The van der Waals surface area contributed by atoms with Gasteiger partial charge in [0.2, 0.25) is 0 Å². The van der Waals surface area contributed by atoms with Gasteiger partial charge >= 0.3 is 0 Å². The first-order valence-corrected chi connectivity index (χ1v) is 8.64. The summed E-state index contributed by atoms with van der Waals surface area (Å²) in [5, 5.41) is 0. The van der Waals surface area contributed by atoms with E-state index in [-0.39, 0.29) is 10.8 Å². The van der Waals surface area contributed by atoms with Gasteiger partial charge in [0.1, 0.15) is 5.78 Å². The van der Waals surface area contributed by atoms with Crippen LogP contribution in [0.25, 0.3) is 11.6 Å². The summed E-state index contributed by atoms with van der Waals surface area (Å²) >= 11 is 0. The molecule has 0 spiro atoms. The van der Waals surface area contributed by atoms with Gasteiger partial charge in [-0.2, -0.15) is 0 Å². The van der Waals surface area contributed by atoms with Gasteiger partial charge in [0.05, 0.1) is 0 Å². The van der Waals surface area contributed by atoms with Crippen LogP contribution < -0.4 is 0 Å². The van der Waals surface area contributed by atoms with Crippen molar-refractivity contribution in [2.24, 2.45) is 0 Å². The van der Waals surface area contributed by atoms with Crippen LogP contribution in [0, 0.1) is 0 Å². The Balaban J connectivity index is 2.08. The lowest BCUT2D eigenvalue weighted by molar-refractivity contribution is -0.125. The molecule has 2 aromatic rings. The number of carbonyl (C=O) groups is 1. The van der Waals surface area contributed by atoms with Gasteiger partial charge in [-0.1, -0.05) is 68.5 Å². The molecule has 0 aromatic heterocycles. The molecule has 124 valence electrons. The second-order valence-electron chi connectivity index (χ2n) is 8.11. The zero-order valence-electron chi connectivity index (χ0n) is 15.3. The molecule has 0 bridgehead atoms. The van der Waals surface area contributed by atoms with Crippen LogP contribution in [0.4, 0.5) is 0 Å². The van der Waals surface area contributed by atoms with Crippen molar-refractivity contribution in [3.8, 4) is 0 Å². The predicted octanol–water partition coefficient (Wildman–Crippen LogP) is 5.78. The summed E-state index contributed by atoms with van der Waals surface area (Å²) < 4.78 is 0. The molecule has 0 saturated heterocycles. The Morgan fingerprint density at radius 2 is 1.62 bits per heavy atom. The van der Waals surface area contributed by atoms with Crippen LogP contribution in [0.5, 0.6) is 0 Å². The minimum atomic E-state index is -0.388. The first-order chi connectivity index (χ1) is 11.2. The number of carbonyl (C=O) groups excluding carboxylic acids is 1. The maximum absolute atomic E-state index is 12.5. The summed E-state index contributed by atoms with van der Waals surface area (Å²) in [6.07, 6.45) is 2.83. The Labute approximate surface area is 145 Å². The summed E-state index contributed by atoms with van der Waals surface area (Å²) in [5.74, 6) is 0.337. The Hall–Kier alpha value is -2.15. The Bertz CT molecular complexity index is 807. The fourth-order valence-electron chi connectivity index (χ4n) is 3.64. The van der Waals surface area contributed by atoms with E-state index in [0.717, 1.165) is 0 Å². The average molecular weight is 318 g/mol. The van der Waals surface area contributed by atoms with Crippen molar-refractivity contribution < 1.29 is 4.79 Å². The topological polar surface area (TPSA) is 17.1 Å². The summed E-state index contributed by atoms with van der Waals surface area (Å²) in [6.45, 7) is 10.6. The molecule has 0 N–H and O–H groups in total. The van der Waals surface area contributed by atoms with Gasteiger partial charge in [-0.25, -0.2) is 0 Å². The fraction of sp³-hybridized carbons (Fsp3) is 0.348. The molecule has 0 aliphatic heterocycles. The van der Waals surface area contributed by atoms with Gasteiger partial charge in [-0.3, -0.25) is 4.79 Å². The number of benzene rings is 2. The predicted molar refractivity (Wildman–Crippen MR) is 102 cm³/mol. The number of Topliss-reactive ketones (excluding diaryl/α,β-unsaturated/α-hetero) is 1. The maximum Gasteiger partial charge on any atom is 0.143 e. The van der Waals surface area contributed by atoms with Gasteiger partial charge in [0, 0.05) is 11.8 Å². The summed E-state index contributed by atoms with van der Waals surface area (Å²) in [6, 6.07) is 17.0. The van der Waals surface area contributed by atoms with Gasteiger partial charge in [-0.15, -0.1) is 0 Å². The van der Waals surface area contributed by atoms with E-state index >= 15 is 0 Å². The highest BCUT2D eigenvalue weighted by Crippen LogP contribution is 2.44. The molecule has 0 unspecified atom stereocenters. The largest absolute Gasteiger partial charge is 0.299 e. The number of rotatable bonds is 2. The number of allylic oxidation sites excluding steroid dienone is 1. The third kappa shape index (κ3) is 2.84. The molecule has 0 radical (unpaired) electrons. The lowest BCUT2D eigenvalue weighted by Crippen LogP contribution is -2.42. The van der Waals surface area contributed by atoms with Crippen molar-refractivity contribution in [1.82, 2.24) is 0 Å². The summed E-state index contributed by atoms with van der Waals surface area (Å²) in [7, 11) is 0. The van der Waals surface area contributed by atoms with E-state index in [9.17, 15) is 4.79 Å². The van der Waals surface area contributed by atoms with Crippen molar-refractivity contribution in [2.75, 3.05) is 0 Å². The van der Waals surface area contributed by atoms with E-state index in [4.69, 9.17) is 0 Å². The minimum Gasteiger partial charge on any atom is -0.299 e. The summed E-state index contributed by atoms with van der Waals surface area (Å²) in [5.41, 5.74) is 5.68. The first-order valence-electron chi connectivity index (χ1n) is 8.64. The van der Waals surface area contributed by atoms with Crippen LogP contribution in [-0.2, 0) is 15.6 Å². The zero-order chi connectivity index (χ0) is 17.5. The number of fused-ring (bicyclic) bond motifs is 1. The normalized spacial score (nSPS) is 19.0. The third-order valence-corrected chi connectivity index (χ3v) is 5.36. The molecule has 0 fully saturated rings. The number of hydrogen-bond donors (Lipinski definition) is 0. The lowest BCUT2D eigenvalue weighted by Gasteiger charge is -2.40. The van der Waals surface area contributed by atoms with Crippen LogP contribution in [0.15, 0.2) is 48.5 Å². The summed E-state index contributed by atoms with van der Waals surface area (Å²) in [4.78, 5) is 12.5. The molecule has 2 aromatic carbocycles. The molecule has 0 amide bonds. The van der Waals surface area contributed by atoms with Crippen LogP contribution in [0.3, 0.4) is 0 Å². The molecular weight excluding hydrogens is 292 g/mol. The van der Waals surface area contributed by atoms with Crippen LogP contribution in [0.1, 0.15) is 63.3 Å². The van der Waals surface area contributed by atoms with Crippen LogP contribution >= 0.6 is 0 Å². The second kappa shape index (κ2) is 5.73. The molecule has 24 heavy (non-hydrogen) atoms. The van der Waals surface area contributed by atoms with Crippen molar-refractivity contribution in [3.63, 3.8) is 0 Å². The fourth-order valence-corrected chi connectivity index (χ4v) is 3.64. The number of ketones is 1. The van der Waals surface area contributed by atoms with Crippen molar-refractivity contribution >= 4 is 17.4 Å². The van der Waals surface area contributed by atoms with Gasteiger partial charge < -0.3 is 0 Å². The van der Waals surface area contributed by atoms with E-state index in [1.165, 1.54) is 27.8 Å². The van der Waals surface area contributed by atoms with Gasteiger partial charge in [-0.05, 0) is 54.0 Å². The lowest BCUT2D eigenvalue weighted by atomic mass is 9.62. The zero-order valence-corrected chi connectivity index (χ0v) is 15.3. The minimum absolute atomic E-state index is 0.106. The smallest absolute Gasteiger partial charge is 0.143 e. The monoisotopic (exact) mass is 318 g/mol. The van der Waals surface area contributed by atoms with E-state index in [2.05, 4.69) is 83.2 Å². The highest BCUT2D eigenvalue weighted by atomic mass is 16.1. The van der Waals surface area contributed by atoms with Gasteiger partial charge in [0.25, 0.3) is 0 Å². The van der Waals surface area contributed by atoms with E-state index in [0.29, 0.717) is 12.2 Å². The molecule has 0 saturated carbocycles. The Morgan fingerprint density at radius 1 is 0.958 bits per heavy atom. The van der Waals surface area contributed by atoms with Crippen molar-refractivity contribution in [1.29, 1.82) is 0 Å². The quantitative estimate of drug-likeness (QED) is 0.642. The second-order valence-corrected chi connectivity index (χ2v) is 8.11. The highest BCUT2D eigenvalue weighted by molar-refractivity contribution is 5.93. The molecule has 0 heterocycles. The Kier molecular flexibility index (Phi) is 3.99. The van der Waals surface area contributed by atoms with Crippen molar-refractivity contribution in [3.05, 3.63) is 70.8 Å². The first kappa shape index (κ1) is 16.7. The highest BCUT2D eigenvalue weighted by Gasteiger charge is 2.43. The molecule has 1 heteroatoms. The average Bonchev–Trinajstić information content (AvgIpc) is 2.53. The Morgan fingerprint density at radius 3 is 2.29 bits per heavy atom. The molecule has 1 nitrogen and oxygen atoms in total. The SMILES string of the molecule is CC(=Cc1ccccc1)c1ccc2c(c1)C(C)(C)CC(=O)C2(C)C. The van der Waals surface area contributed by atoms with Crippen molar-refractivity contribution in [2.45, 2.75) is 51.9 Å². The third-order valence-electron chi connectivity index (χ3n) is 5.36. The molecular formula is C23H26O. The molecule has 1 aliphatic carbocycles. The molecule has 1 aliphatic rings. The standard InChI is InChI=1S/C23H26O/c1-16(13-17-9-7-6-8-10-17)18-11-12-19-20(14-18)22(2,3)15-21(24)23(19,4)5/h6-14H,15H2,1-5H3. The maximum atomic E-state index is 12.5. The number of hydrogen-bond acceptors (Lipinski definition) is 1. The van der Waals surface area contributed by atoms with Gasteiger partial charge in [0.15, 0.2) is 0 Å². The van der Waals surface area contributed by atoms with E-state index < -0.39 is 0 Å². The van der Waals surface area contributed by atoms with E-state index in [1.54, 1.807) is 0 Å². The molecule has 0 atom stereocenters. The van der Waals surface area contributed by atoms with Crippen LogP contribution in [0.2, 0.25) is 0 Å².